The van der Waals surface area contributed by atoms with Crippen molar-refractivity contribution in [1.82, 2.24) is 20.2 Å². The first-order valence-electron chi connectivity index (χ1n) is 13.9. The minimum Gasteiger partial charge on any atom is -0.395 e. The smallest absolute Gasteiger partial charge is 0.251 e. The Bertz CT molecular complexity index is 1530. The topological polar surface area (TPSA) is 124 Å². The van der Waals surface area contributed by atoms with Crippen LogP contribution < -0.4 is 14.5 Å². The number of sulfonamides is 1. The molecule has 2 N–H and O–H groups in total. The molecule has 3 aliphatic rings. The van der Waals surface area contributed by atoms with Gasteiger partial charge in [0.25, 0.3) is 5.92 Å². The molecular formula is C27H33F2N7O3S2. The van der Waals surface area contributed by atoms with Crippen molar-refractivity contribution in [3.05, 3.63) is 30.0 Å². The van der Waals surface area contributed by atoms with Crippen LogP contribution in [0.3, 0.4) is 0 Å². The summed E-state index contributed by atoms with van der Waals surface area (Å²) in [6.07, 6.45) is 4.28. The van der Waals surface area contributed by atoms with Gasteiger partial charge >= 0.3 is 0 Å². The Morgan fingerprint density at radius 1 is 0.951 bits per heavy atom. The largest absolute Gasteiger partial charge is 0.395 e. The monoisotopic (exact) mass is 605 g/mol. The van der Waals surface area contributed by atoms with E-state index >= 15 is 0 Å². The molecule has 3 fully saturated rings. The molecule has 2 saturated heterocycles. The summed E-state index contributed by atoms with van der Waals surface area (Å²) in [6.45, 7) is 3.49. The molecule has 0 unspecified atom stereocenters. The highest BCUT2D eigenvalue weighted by Gasteiger charge is 2.44. The molecule has 1 aliphatic carbocycles. The van der Waals surface area contributed by atoms with Crippen LogP contribution in [0.1, 0.15) is 44.2 Å². The van der Waals surface area contributed by atoms with E-state index in [1.54, 1.807) is 11.0 Å². The summed E-state index contributed by atoms with van der Waals surface area (Å²) in [5.74, 6) is -2.62. The van der Waals surface area contributed by atoms with Gasteiger partial charge in [0, 0.05) is 56.0 Å². The number of piperidine rings is 2. The second-order valence-corrected chi connectivity index (χ2v) is 14.1. The molecule has 6 rings (SSSR count). The van der Waals surface area contributed by atoms with E-state index in [2.05, 4.69) is 29.8 Å². The number of nitrogens with zero attached hydrogens (tertiary/aromatic N) is 6. The highest BCUT2D eigenvalue weighted by molar-refractivity contribution is 7.92. The molecule has 10 nitrogen and oxygen atoms in total. The lowest BCUT2D eigenvalue weighted by atomic mass is 9.93. The molecule has 2 aromatic heterocycles. The number of aromatic nitrogens is 4. The van der Waals surface area contributed by atoms with Gasteiger partial charge in [-0.15, -0.1) is 10.2 Å². The maximum absolute atomic E-state index is 13.7. The van der Waals surface area contributed by atoms with Crippen LogP contribution >= 0.6 is 11.3 Å². The van der Waals surface area contributed by atoms with E-state index in [9.17, 15) is 17.2 Å². The number of aryl methyl sites for hydroxylation is 1. The van der Waals surface area contributed by atoms with Gasteiger partial charge in [-0.05, 0) is 62.3 Å². The number of aliphatic hydroxyl groups excluding tert-OH is 1. The molecular weight excluding hydrogens is 572 g/mol. The predicted molar refractivity (Wildman–Crippen MR) is 155 cm³/mol. The molecule has 0 bridgehead atoms. The van der Waals surface area contributed by atoms with E-state index in [0.29, 0.717) is 38.5 Å². The highest BCUT2D eigenvalue weighted by Crippen LogP contribution is 2.54. The molecule has 1 saturated carbocycles. The molecule has 0 amide bonds. The highest BCUT2D eigenvalue weighted by atomic mass is 32.2. The van der Waals surface area contributed by atoms with Crippen LogP contribution in [0.25, 0.3) is 21.3 Å². The van der Waals surface area contributed by atoms with Crippen LogP contribution in [0.15, 0.2) is 24.3 Å². The van der Waals surface area contributed by atoms with Gasteiger partial charge in [0.15, 0.2) is 5.01 Å². The van der Waals surface area contributed by atoms with Crippen LogP contribution in [0.4, 0.5) is 26.1 Å². The molecule has 14 heteroatoms. The maximum Gasteiger partial charge on any atom is 0.251 e. The summed E-state index contributed by atoms with van der Waals surface area (Å²) in [5, 5.41) is 19.3. The third-order valence-electron chi connectivity index (χ3n) is 8.25. The van der Waals surface area contributed by atoms with E-state index in [0.717, 1.165) is 37.2 Å². The van der Waals surface area contributed by atoms with Gasteiger partial charge in [-0.2, -0.15) is 0 Å². The number of benzene rings is 1. The van der Waals surface area contributed by atoms with E-state index in [1.807, 2.05) is 25.1 Å². The number of hydrogen-bond donors (Lipinski definition) is 2. The van der Waals surface area contributed by atoms with Gasteiger partial charge in [0.05, 0.1) is 18.0 Å². The first-order valence-corrected chi connectivity index (χ1v) is 16.3. The second kappa shape index (κ2) is 10.7. The molecule has 220 valence electrons. The Kier molecular flexibility index (Phi) is 7.35. The molecule has 3 aromatic rings. The number of halogens is 2. The Balaban J connectivity index is 1.30. The zero-order valence-electron chi connectivity index (χ0n) is 22.8. The van der Waals surface area contributed by atoms with Crippen molar-refractivity contribution in [3.8, 4) is 21.3 Å². The van der Waals surface area contributed by atoms with Crippen molar-refractivity contribution in [3.63, 3.8) is 0 Å². The zero-order chi connectivity index (χ0) is 28.8. The molecule has 2 aliphatic heterocycles. The van der Waals surface area contributed by atoms with Crippen molar-refractivity contribution in [2.75, 3.05) is 53.1 Å². The van der Waals surface area contributed by atoms with Crippen LogP contribution in [0, 0.1) is 12.3 Å². The van der Waals surface area contributed by atoms with Gasteiger partial charge in [0.1, 0.15) is 10.7 Å². The molecule has 4 heterocycles. The summed E-state index contributed by atoms with van der Waals surface area (Å²) in [5.41, 5.74) is 3.91. The van der Waals surface area contributed by atoms with E-state index in [1.165, 1.54) is 24.2 Å². The van der Waals surface area contributed by atoms with Crippen LogP contribution in [-0.2, 0) is 10.0 Å². The van der Waals surface area contributed by atoms with Gasteiger partial charge in [0.2, 0.25) is 16.0 Å². The number of aliphatic hydroxyl groups is 1. The minimum atomic E-state index is -3.68. The van der Waals surface area contributed by atoms with Crippen LogP contribution in [0.2, 0.25) is 0 Å². The first kappa shape index (κ1) is 28.2. The fourth-order valence-corrected chi connectivity index (χ4v) is 7.23. The quantitative estimate of drug-likeness (QED) is 0.386. The summed E-state index contributed by atoms with van der Waals surface area (Å²) in [4.78, 5) is 13.2. The Morgan fingerprint density at radius 3 is 2.32 bits per heavy atom. The van der Waals surface area contributed by atoms with Gasteiger partial charge in [-0.25, -0.2) is 27.2 Å². The molecule has 1 aromatic carbocycles. The SMILES string of the molecule is Cc1cc(-c2nnc(-c3ccc(NS(=O)(=O)CCO)cc3N3CCC4(CC3)CC4)s2)nc(N2CCC(F)(F)CC2)n1. The van der Waals surface area contributed by atoms with Crippen LogP contribution in [-0.4, -0.2) is 78.2 Å². The minimum absolute atomic E-state index is 0.187. The average molecular weight is 606 g/mol. The standard InChI is InChI=1S/C27H33F2N7O3S2/c1-18-16-21(31-25(30-18)36-12-8-27(28,29)9-13-36)24-33-32-23(40-24)20-3-2-19(34-41(38,39)15-14-37)17-22(20)35-10-6-26(4-5-26)7-11-35/h2-3,16-17,34,37H,4-15H2,1H3. The third kappa shape index (κ3) is 6.28. The van der Waals surface area contributed by atoms with E-state index in [4.69, 9.17) is 5.11 Å². The van der Waals surface area contributed by atoms with Crippen molar-refractivity contribution >= 4 is 38.7 Å². The first-order chi connectivity index (χ1) is 19.5. The summed E-state index contributed by atoms with van der Waals surface area (Å²) in [6, 6.07) is 7.18. The van der Waals surface area contributed by atoms with Crippen molar-refractivity contribution in [2.24, 2.45) is 5.41 Å². The number of hydrogen-bond acceptors (Lipinski definition) is 10. The fourth-order valence-electron chi connectivity index (χ4n) is 5.56. The maximum atomic E-state index is 13.7. The fraction of sp³-hybridized carbons (Fsp3) is 0.556. The van der Waals surface area contributed by atoms with E-state index in [-0.39, 0.29) is 31.7 Å². The molecule has 41 heavy (non-hydrogen) atoms. The number of rotatable bonds is 8. The van der Waals surface area contributed by atoms with Gasteiger partial charge < -0.3 is 14.9 Å². The molecule has 0 radical (unpaired) electrons. The Labute approximate surface area is 241 Å². The number of nitrogens with one attached hydrogen (secondary N) is 1. The van der Waals surface area contributed by atoms with Gasteiger partial charge in [-0.1, -0.05) is 11.3 Å². The zero-order valence-corrected chi connectivity index (χ0v) is 24.4. The summed E-state index contributed by atoms with van der Waals surface area (Å²) in [7, 11) is -3.68. The van der Waals surface area contributed by atoms with Crippen molar-refractivity contribution in [1.29, 1.82) is 0 Å². The molecule has 0 atom stereocenters. The molecule has 1 spiro atoms. The lowest BCUT2D eigenvalue weighted by Gasteiger charge is -2.35. The predicted octanol–water partition coefficient (Wildman–Crippen LogP) is 4.32. The number of alkyl halides is 2. The lowest BCUT2D eigenvalue weighted by molar-refractivity contribution is -0.0222. The van der Waals surface area contributed by atoms with E-state index < -0.39 is 22.6 Å². The van der Waals surface area contributed by atoms with Gasteiger partial charge in [-0.3, -0.25) is 4.72 Å². The van der Waals surface area contributed by atoms with Crippen molar-refractivity contribution < 1.29 is 22.3 Å². The Morgan fingerprint density at radius 2 is 1.63 bits per heavy atom. The second-order valence-electron chi connectivity index (χ2n) is 11.3. The normalized spacial score (nSPS) is 19.9. The third-order valence-corrected chi connectivity index (χ3v) is 10.5. The van der Waals surface area contributed by atoms with Crippen molar-refractivity contribution in [2.45, 2.75) is 51.4 Å². The average Bonchev–Trinajstić information content (AvgIpc) is 3.48. The van der Waals surface area contributed by atoms with Crippen LogP contribution in [0.5, 0.6) is 0 Å². The Hall–Kier alpha value is -2.97. The summed E-state index contributed by atoms with van der Waals surface area (Å²) < 4.78 is 54.6. The summed E-state index contributed by atoms with van der Waals surface area (Å²) >= 11 is 1.37. The number of anilines is 3. The lowest BCUT2D eigenvalue weighted by Crippen LogP contribution is -2.40.